The molecule has 0 spiro atoms. The van der Waals surface area contributed by atoms with Gasteiger partial charge in [0.05, 0.1) is 0 Å². The zero-order chi connectivity index (χ0) is 18.7. The number of carbonyl (C=O) groups excluding carboxylic acids is 1. The maximum Gasteiger partial charge on any atom is 0.224 e. The van der Waals surface area contributed by atoms with Gasteiger partial charge >= 0.3 is 0 Å². The second-order valence-corrected chi connectivity index (χ2v) is 7.39. The third-order valence-corrected chi connectivity index (χ3v) is 5.19. The smallest absolute Gasteiger partial charge is 0.224 e. The molecule has 0 radical (unpaired) electrons. The average Bonchev–Trinajstić information content (AvgIpc) is 2.61. The predicted octanol–water partition coefficient (Wildman–Crippen LogP) is 3.78. The Hall–Kier alpha value is -1.53. The summed E-state index contributed by atoms with van der Waals surface area (Å²) in [5, 5.41) is 1.49. The number of hydrogen-bond donors (Lipinski definition) is 1. The van der Waals surface area contributed by atoms with Crippen molar-refractivity contribution in [2.75, 3.05) is 31.1 Å². The fourth-order valence-electron chi connectivity index (χ4n) is 2.99. The molecule has 2 heterocycles. The lowest BCUT2D eigenvalue weighted by Crippen LogP contribution is -2.49. The fourth-order valence-corrected chi connectivity index (χ4v) is 3.70. The van der Waals surface area contributed by atoms with Gasteiger partial charge in [-0.1, -0.05) is 46.9 Å². The molecule has 1 aromatic heterocycles. The van der Waals surface area contributed by atoms with Crippen LogP contribution in [0.4, 0.5) is 5.82 Å². The number of benzene rings is 1. The Morgan fingerprint density at radius 2 is 1.85 bits per heavy atom. The van der Waals surface area contributed by atoms with Crippen molar-refractivity contribution >= 4 is 46.5 Å². The third-order valence-electron chi connectivity index (χ3n) is 4.41. The minimum Gasteiger partial charge on any atom is -0.353 e. The molecule has 1 unspecified atom stereocenters. The number of carbonyl (C=O) groups is 1. The predicted molar refractivity (Wildman–Crippen MR) is 106 cm³/mol. The maximum absolute atomic E-state index is 12.6. The Morgan fingerprint density at radius 3 is 2.50 bits per heavy atom. The van der Waals surface area contributed by atoms with E-state index in [4.69, 9.17) is 40.5 Å². The van der Waals surface area contributed by atoms with Crippen LogP contribution in [0.3, 0.4) is 0 Å². The van der Waals surface area contributed by atoms with Crippen LogP contribution in [0.5, 0.6) is 0 Å². The van der Waals surface area contributed by atoms with E-state index in [1.54, 1.807) is 24.3 Å². The van der Waals surface area contributed by atoms with Crippen LogP contribution in [-0.4, -0.2) is 42.0 Å². The first-order chi connectivity index (χ1) is 12.4. The first kappa shape index (κ1) is 19.2. The first-order valence-corrected chi connectivity index (χ1v) is 9.43. The molecule has 0 bridgehead atoms. The molecular weight excluding hydrogens is 395 g/mol. The molecule has 1 aliphatic heterocycles. The minimum atomic E-state index is -0.458. The van der Waals surface area contributed by atoms with Gasteiger partial charge < -0.3 is 15.5 Å². The Labute approximate surface area is 167 Å². The van der Waals surface area contributed by atoms with Gasteiger partial charge in [-0.3, -0.25) is 4.79 Å². The van der Waals surface area contributed by atoms with Gasteiger partial charge in [0.1, 0.15) is 11.0 Å². The topological polar surface area (TPSA) is 62.5 Å². The Balaban J connectivity index is 1.56. The van der Waals surface area contributed by atoms with Gasteiger partial charge in [0.25, 0.3) is 0 Å². The highest BCUT2D eigenvalue weighted by molar-refractivity contribution is 6.35. The van der Waals surface area contributed by atoms with Crippen molar-refractivity contribution < 1.29 is 4.79 Å². The van der Waals surface area contributed by atoms with E-state index in [-0.39, 0.29) is 12.3 Å². The highest BCUT2D eigenvalue weighted by Crippen LogP contribution is 2.27. The summed E-state index contributed by atoms with van der Waals surface area (Å²) in [6, 6.07) is 10.2. The summed E-state index contributed by atoms with van der Waals surface area (Å²) in [5.41, 5.74) is 6.91. The molecule has 3 rings (SSSR count). The van der Waals surface area contributed by atoms with Crippen molar-refractivity contribution in [3.05, 3.63) is 57.2 Å². The van der Waals surface area contributed by atoms with Gasteiger partial charge in [0.15, 0.2) is 0 Å². The molecule has 26 heavy (non-hydrogen) atoms. The van der Waals surface area contributed by atoms with E-state index < -0.39 is 6.04 Å². The van der Waals surface area contributed by atoms with E-state index in [0.717, 1.165) is 11.4 Å². The molecule has 2 N–H and O–H groups in total. The van der Waals surface area contributed by atoms with E-state index in [1.807, 2.05) is 17.0 Å². The third kappa shape index (κ3) is 4.60. The summed E-state index contributed by atoms with van der Waals surface area (Å²) >= 11 is 18.0. The number of rotatable bonds is 4. The molecule has 8 heteroatoms. The number of halogens is 3. The number of piperazine rings is 1. The maximum atomic E-state index is 12.6. The summed E-state index contributed by atoms with van der Waals surface area (Å²) in [4.78, 5) is 20.8. The molecule has 1 aliphatic rings. The SMILES string of the molecule is NC(CC(=O)N1CCN(c2cccc(Cl)n2)CC1)c1ccc(Cl)cc1Cl. The number of hydrogen-bond acceptors (Lipinski definition) is 4. The molecule has 1 saturated heterocycles. The van der Waals surface area contributed by atoms with Crippen LogP contribution in [0.2, 0.25) is 15.2 Å². The number of anilines is 1. The largest absolute Gasteiger partial charge is 0.353 e. The van der Waals surface area contributed by atoms with Crippen molar-refractivity contribution in [3.8, 4) is 0 Å². The second kappa shape index (κ2) is 8.44. The molecular formula is C18H19Cl3N4O. The Kier molecular flexibility index (Phi) is 6.24. The molecule has 5 nitrogen and oxygen atoms in total. The van der Waals surface area contributed by atoms with E-state index >= 15 is 0 Å². The number of amides is 1. The van der Waals surface area contributed by atoms with E-state index in [1.165, 1.54) is 0 Å². The average molecular weight is 414 g/mol. The minimum absolute atomic E-state index is 0.0159. The van der Waals surface area contributed by atoms with Gasteiger partial charge in [-0.25, -0.2) is 4.98 Å². The summed E-state index contributed by atoms with van der Waals surface area (Å²) in [5.74, 6) is 0.844. The Bertz CT molecular complexity index is 794. The van der Waals surface area contributed by atoms with Gasteiger partial charge in [-0.05, 0) is 29.8 Å². The number of pyridine rings is 1. The van der Waals surface area contributed by atoms with Crippen LogP contribution >= 0.6 is 34.8 Å². The van der Waals surface area contributed by atoms with Gasteiger partial charge in [0.2, 0.25) is 5.91 Å². The highest BCUT2D eigenvalue weighted by Gasteiger charge is 2.24. The zero-order valence-corrected chi connectivity index (χ0v) is 16.3. The van der Waals surface area contributed by atoms with Crippen LogP contribution in [-0.2, 0) is 4.79 Å². The number of nitrogens with two attached hydrogens (primary N) is 1. The standard InChI is InChI=1S/C18H19Cl3N4O/c19-12-4-5-13(14(20)10-12)15(22)11-18(26)25-8-6-24(7-9-25)17-3-1-2-16(21)23-17/h1-5,10,15H,6-9,11,22H2. The van der Waals surface area contributed by atoms with Gasteiger partial charge in [-0.2, -0.15) is 0 Å². The van der Waals surface area contributed by atoms with Crippen molar-refractivity contribution in [2.45, 2.75) is 12.5 Å². The first-order valence-electron chi connectivity index (χ1n) is 8.30. The highest BCUT2D eigenvalue weighted by atomic mass is 35.5. The summed E-state index contributed by atoms with van der Waals surface area (Å²) in [7, 11) is 0. The fraction of sp³-hybridized carbons (Fsp3) is 0.333. The molecule has 1 aromatic carbocycles. The number of nitrogens with zero attached hydrogens (tertiary/aromatic N) is 3. The van der Waals surface area contributed by atoms with Crippen LogP contribution in [0.1, 0.15) is 18.0 Å². The molecule has 0 aliphatic carbocycles. The Morgan fingerprint density at radius 1 is 1.12 bits per heavy atom. The zero-order valence-electron chi connectivity index (χ0n) is 14.0. The quantitative estimate of drug-likeness (QED) is 0.775. The molecule has 1 fully saturated rings. The van der Waals surface area contributed by atoms with Crippen molar-refractivity contribution in [1.29, 1.82) is 0 Å². The van der Waals surface area contributed by atoms with Crippen LogP contribution in [0.15, 0.2) is 36.4 Å². The van der Waals surface area contributed by atoms with Crippen molar-refractivity contribution in [2.24, 2.45) is 5.73 Å². The lowest BCUT2D eigenvalue weighted by atomic mass is 10.0. The summed E-state index contributed by atoms with van der Waals surface area (Å²) < 4.78 is 0. The van der Waals surface area contributed by atoms with E-state index in [2.05, 4.69) is 9.88 Å². The molecule has 0 saturated carbocycles. The van der Waals surface area contributed by atoms with E-state index in [9.17, 15) is 4.79 Å². The summed E-state index contributed by atoms with van der Waals surface area (Å²) in [6.07, 6.45) is 0.205. The van der Waals surface area contributed by atoms with Gasteiger partial charge in [-0.15, -0.1) is 0 Å². The molecule has 138 valence electrons. The van der Waals surface area contributed by atoms with Crippen molar-refractivity contribution in [3.63, 3.8) is 0 Å². The van der Waals surface area contributed by atoms with E-state index in [0.29, 0.717) is 41.4 Å². The summed E-state index contributed by atoms with van der Waals surface area (Å²) in [6.45, 7) is 2.65. The normalized spacial score (nSPS) is 15.8. The van der Waals surface area contributed by atoms with Crippen molar-refractivity contribution in [1.82, 2.24) is 9.88 Å². The second-order valence-electron chi connectivity index (χ2n) is 6.16. The molecule has 2 aromatic rings. The molecule has 1 atom stereocenters. The lowest BCUT2D eigenvalue weighted by molar-refractivity contribution is -0.131. The van der Waals surface area contributed by atoms with Crippen LogP contribution in [0.25, 0.3) is 0 Å². The lowest BCUT2D eigenvalue weighted by Gasteiger charge is -2.36. The van der Waals surface area contributed by atoms with Crippen LogP contribution < -0.4 is 10.6 Å². The number of aromatic nitrogens is 1. The monoisotopic (exact) mass is 412 g/mol. The van der Waals surface area contributed by atoms with Gasteiger partial charge in [0, 0.05) is 48.7 Å². The molecule has 1 amide bonds. The van der Waals surface area contributed by atoms with Crippen LogP contribution in [0, 0.1) is 0 Å².